The van der Waals surface area contributed by atoms with E-state index < -0.39 is 0 Å². The van der Waals surface area contributed by atoms with Crippen LogP contribution in [0.15, 0.2) is 24.3 Å². The van der Waals surface area contributed by atoms with Gasteiger partial charge in [0.1, 0.15) is 5.37 Å². The average Bonchev–Trinajstić information content (AvgIpc) is 2.87. The lowest BCUT2D eigenvalue weighted by atomic mass is 9.86. The Morgan fingerprint density at radius 2 is 2.00 bits per heavy atom. The molecule has 20 heavy (non-hydrogen) atoms. The van der Waals surface area contributed by atoms with Crippen molar-refractivity contribution in [3.05, 3.63) is 35.4 Å². The van der Waals surface area contributed by atoms with E-state index in [0.717, 1.165) is 12.3 Å². The molecule has 1 aromatic carbocycles. The minimum atomic E-state index is 0.153. The van der Waals surface area contributed by atoms with Crippen molar-refractivity contribution in [2.24, 2.45) is 0 Å². The number of nitrogens with zero attached hydrogens (tertiary/aromatic N) is 1. The Morgan fingerprint density at radius 1 is 1.35 bits per heavy atom. The zero-order valence-electron chi connectivity index (χ0n) is 12.4. The summed E-state index contributed by atoms with van der Waals surface area (Å²) in [5, 5.41) is 0.153. The van der Waals surface area contributed by atoms with Crippen LogP contribution in [-0.2, 0) is 10.2 Å². The van der Waals surface area contributed by atoms with Gasteiger partial charge >= 0.3 is 0 Å². The third-order valence-corrected chi connectivity index (χ3v) is 5.03. The molecule has 2 rings (SSSR count). The number of benzene rings is 1. The molecule has 1 atom stereocenters. The van der Waals surface area contributed by atoms with E-state index in [2.05, 4.69) is 45.0 Å². The smallest absolute Gasteiger partial charge is 0.224 e. The van der Waals surface area contributed by atoms with Crippen LogP contribution in [-0.4, -0.2) is 29.0 Å². The Morgan fingerprint density at radius 3 is 2.55 bits per heavy atom. The largest absolute Gasteiger partial charge is 0.326 e. The predicted octanol–water partition coefficient (Wildman–Crippen LogP) is 4.19. The number of carbonyl (C=O) groups excluding carboxylic acids is 1. The SMILES string of the molecule is CC(C)(C)c1ccc(C2SCCN2C(=O)CCCl)cc1. The Bertz CT molecular complexity index is 466. The minimum Gasteiger partial charge on any atom is -0.326 e. The van der Waals surface area contributed by atoms with Crippen LogP contribution in [0.2, 0.25) is 0 Å². The van der Waals surface area contributed by atoms with Crippen molar-refractivity contribution in [1.82, 2.24) is 4.90 Å². The third-order valence-electron chi connectivity index (χ3n) is 3.58. The van der Waals surface area contributed by atoms with Gasteiger partial charge in [0.2, 0.25) is 5.91 Å². The van der Waals surface area contributed by atoms with Crippen molar-refractivity contribution in [3.8, 4) is 0 Å². The second-order valence-electron chi connectivity index (χ2n) is 6.12. The molecule has 4 heteroatoms. The molecule has 2 nitrogen and oxygen atoms in total. The summed E-state index contributed by atoms with van der Waals surface area (Å²) >= 11 is 7.52. The first-order valence-electron chi connectivity index (χ1n) is 7.01. The topological polar surface area (TPSA) is 20.3 Å². The van der Waals surface area contributed by atoms with E-state index in [1.165, 1.54) is 11.1 Å². The lowest BCUT2D eigenvalue weighted by molar-refractivity contribution is -0.130. The molecule has 1 heterocycles. The molecule has 0 saturated carbocycles. The van der Waals surface area contributed by atoms with Crippen molar-refractivity contribution in [1.29, 1.82) is 0 Å². The molecule has 0 aromatic heterocycles. The molecule has 1 aliphatic heterocycles. The van der Waals surface area contributed by atoms with Gasteiger partial charge in [-0.05, 0) is 16.5 Å². The number of alkyl halides is 1. The molecule has 0 spiro atoms. The van der Waals surface area contributed by atoms with Crippen LogP contribution in [0.5, 0.6) is 0 Å². The fraction of sp³-hybridized carbons (Fsp3) is 0.562. The summed E-state index contributed by atoms with van der Waals surface area (Å²) in [5.74, 6) is 1.56. The van der Waals surface area contributed by atoms with E-state index in [1.807, 2.05) is 16.7 Å². The predicted molar refractivity (Wildman–Crippen MR) is 87.4 cm³/mol. The lowest BCUT2D eigenvalue weighted by Gasteiger charge is -2.25. The Hall–Kier alpha value is -0.670. The number of hydrogen-bond acceptors (Lipinski definition) is 2. The van der Waals surface area contributed by atoms with Crippen LogP contribution in [0.3, 0.4) is 0 Å². The molecular formula is C16H22ClNOS. The molecule has 1 amide bonds. The highest BCUT2D eigenvalue weighted by molar-refractivity contribution is 7.99. The Labute approximate surface area is 130 Å². The molecule has 1 unspecified atom stereocenters. The highest BCUT2D eigenvalue weighted by atomic mass is 35.5. The zero-order valence-corrected chi connectivity index (χ0v) is 13.9. The van der Waals surface area contributed by atoms with Gasteiger partial charge in [0.15, 0.2) is 0 Å². The monoisotopic (exact) mass is 311 g/mol. The number of halogens is 1. The molecule has 0 radical (unpaired) electrons. The third kappa shape index (κ3) is 3.50. The number of rotatable bonds is 3. The first-order valence-corrected chi connectivity index (χ1v) is 8.59. The van der Waals surface area contributed by atoms with Crippen molar-refractivity contribution >= 4 is 29.3 Å². The number of carbonyl (C=O) groups is 1. The van der Waals surface area contributed by atoms with Gasteiger partial charge in [0.25, 0.3) is 0 Å². The van der Waals surface area contributed by atoms with Crippen LogP contribution in [0.4, 0.5) is 0 Å². The van der Waals surface area contributed by atoms with E-state index in [4.69, 9.17) is 11.6 Å². The van der Waals surface area contributed by atoms with Crippen molar-refractivity contribution in [2.75, 3.05) is 18.2 Å². The number of amides is 1. The summed E-state index contributed by atoms with van der Waals surface area (Å²) < 4.78 is 0. The summed E-state index contributed by atoms with van der Waals surface area (Å²) in [6.07, 6.45) is 0.429. The molecule has 0 N–H and O–H groups in total. The van der Waals surface area contributed by atoms with Gasteiger partial charge < -0.3 is 4.90 Å². The molecular weight excluding hydrogens is 290 g/mol. The fourth-order valence-electron chi connectivity index (χ4n) is 2.37. The molecule has 1 aliphatic rings. The molecule has 1 fully saturated rings. The molecule has 110 valence electrons. The van der Waals surface area contributed by atoms with E-state index in [-0.39, 0.29) is 16.7 Å². The number of thioether (sulfide) groups is 1. The Balaban J connectivity index is 2.16. The number of hydrogen-bond donors (Lipinski definition) is 0. The van der Waals surface area contributed by atoms with Gasteiger partial charge in [0, 0.05) is 24.6 Å². The van der Waals surface area contributed by atoms with Gasteiger partial charge in [-0.15, -0.1) is 23.4 Å². The maximum absolute atomic E-state index is 12.1. The van der Waals surface area contributed by atoms with Gasteiger partial charge in [-0.25, -0.2) is 0 Å². The minimum absolute atomic E-state index is 0.153. The fourth-order valence-corrected chi connectivity index (χ4v) is 3.81. The molecule has 1 aromatic rings. The summed E-state index contributed by atoms with van der Waals surface area (Å²) in [6, 6.07) is 8.67. The molecule has 0 aliphatic carbocycles. The maximum Gasteiger partial charge on any atom is 0.224 e. The second-order valence-corrected chi connectivity index (χ2v) is 7.69. The normalized spacial score (nSPS) is 19.4. The highest BCUT2D eigenvalue weighted by Gasteiger charge is 2.30. The maximum atomic E-state index is 12.1. The van der Waals surface area contributed by atoms with Gasteiger partial charge in [-0.3, -0.25) is 4.79 Å². The van der Waals surface area contributed by atoms with Crippen LogP contribution in [0.25, 0.3) is 0 Å². The van der Waals surface area contributed by atoms with Crippen LogP contribution < -0.4 is 0 Å². The zero-order chi connectivity index (χ0) is 14.8. The van der Waals surface area contributed by atoms with E-state index in [1.54, 1.807) is 0 Å². The molecule has 1 saturated heterocycles. The quantitative estimate of drug-likeness (QED) is 0.780. The van der Waals surface area contributed by atoms with E-state index >= 15 is 0 Å². The molecule has 0 bridgehead atoms. The van der Waals surface area contributed by atoms with Crippen LogP contribution in [0, 0.1) is 0 Å². The summed E-state index contributed by atoms with van der Waals surface area (Å²) in [6.45, 7) is 7.46. The average molecular weight is 312 g/mol. The lowest BCUT2D eigenvalue weighted by Crippen LogP contribution is -2.30. The van der Waals surface area contributed by atoms with Crippen molar-refractivity contribution < 1.29 is 4.79 Å². The van der Waals surface area contributed by atoms with Crippen molar-refractivity contribution in [2.45, 2.75) is 38.0 Å². The van der Waals surface area contributed by atoms with Crippen LogP contribution >= 0.6 is 23.4 Å². The summed E-state index contributed by atoms with van der Waals surface area (Å²) in [7, 11) is 0. The Kier molecular flexibility index (Phi) is 5.03. The summed E-state index contributed by atoms with van der Waals surface area (Å²) in [5.41, 5.74) is 2.70. The van der Waals surface area contributed by atoms with Gasteiger partial charge in [-0.2, -0.15) is 0 Å². The van der Waals surface area contributed by atoms with Crippen molar-refractivity contribution in [3.63, 3.8) is 0 Å². The highest BCUT2D eigenvalue weighted by Crippen LogP contribution is 2.38. The van der Waals surface area contributed by atoms with E-state index in [9.17, 15) is 4.79 Å². The summed E-state index contributed by atoms with van der Waals surface area (Å²) in [4.78, 5) is 14.0. The van der Waals surface area contributed by atoms with Gasteiger partial charge in [0.05, 0.1) is 0 Å². The van der Waals surface area contributed by atoms with E-state index in [0.29, 0.717) is 12.3 Å². The van der Waals surface area contributed by atoms with Crippen LogP contribution in [0.1, 0.15) is 43.7 Å². The first kappa shape index (κ1) is 15.7. The standard InChI is InChI=1S/C16H22ClNOS/c1-16(2,3)13-6-4-12(5-7-13)15-18(10-11-20-15)14(19)8-9-17/h4-7,15H,8-11H2,1-3H3. The second kappa shape index (κ2) is 6.40. The van der Waals surface area contributed by atoms with Gasteiger partial charge in [-0.1, -0.05) is 45.0 Å². The first-order chi connectivity index (χ1) is 9.43.